The number of aromatic carboxylic acids is 1. The van der Waals surface area contributed by atoms with Crippen molar-refractivity contribution in [1.82, 2.24) is 4.98 Å². The molecule has 0 bridgehead atoms. The third-order valence-electron chi connectivity index (χ3n) is 3.88. The van der Waals surface area contributed by atoms with Crippen molar-refractivity contribution in [2.75, 3.05) is 6.61 Å². The number of benzene rings is 2. The van der Waals surface area contributed by atoms with E-state index >= 15 is 0 Å². The molecule has 0 radical (unpaired) electrons. The van der Waals surface area contributed by atoms with Crippen LogP contribution >= 0.6 is 0 Å². The quantitative estimate of drug-likeness (QED) is 0.537. The van der Waals surface area contributed by atoms with E-state index in [-0.39, 0.29) is 12.2 Å². The fraction of sp³-hybridized carbons (Fsp3) is 0.0909. The van der Waals surface area contributed by atoms with Gasteiger partial charge in [-0.1, -0.05) is 30.3 Å². The lowest BCUT2D eigenvalue weighted by molar-refractivity contribution is -0.141. The number of halogens is 3. The standard InChI is InChI=1S/C22H16F3NO4/c23-22(24,25)20-11-10-15(14-26-20)5-4-12-29-18-8-1-2-9-19(18)30-17-7-3-6-16(13-17)21(27)28/h1-11,13-14H,12H2,(H,27,28). The monoisotopic (exact) mass is 415 g/mol. The first-order valence-corrected chi connectivity index (χ1v) is 8.76. The number of ether oxygens (including phenoxy) is 2. The summed E-state index contributed by atoms with van der Waals surface area (Å²) >= 11 is 0. The molecular formula is C22H16F3NO4. The van der Waals surface area contributed by atoms with Crippen LogP contribution < -0.4 is 9.47 Å². The van der Waals surface area contributed by atoms with Gasteiger partial charge in [0.25, 0.3) is 0 Å². The summed E-state index contributed by atoms with van der Waals surface area (Å²) in [5.74, 6) is 0.100. The fourth-order valence-electron chi connectivity index (χ4n) is 2.47. The second-order valence-electron chi connectivity index (χ2n) is 6.07. The third kappa shape index (κ3) is 5.60. The lowest BCUT2D eigenvalue weighted by atomic mass is 10.2. The van der Waals surface area contributed by atoms with Gasteiger partial charge < -0.3 is 14.6 Å². The average Bonchev–Trinajstić information content (AvgIpc) is 2.72. The number of carboxylic acid groups (broad SMARTS) is 1. The minimum atomic E-state index is -4.47. The Balaban J connectivity index is 1.63. The van der Waals surface area contributed by atoms with Crippen molar-refractivity contribution < 1.29 is 32.5 Å². The number of rotatable bonds is 7. The van der Waals surface area contributed by atoms with Gasteiger partial charge in [-0.05, 0) is 48.0 Å². The van der Waals surface area contributed by atoms with E-state index in [9.17, 15) is 18.0 Å². The van der Waals surface area contributed by atoms with Gasteiger partial charge in [0.15, 0.2) is 11.5 Å². The molecule has 0 saturated heterocycles. The molecule has 0 aliphatic heterocycles. The minimum Gasteiger partial charge on any atom is -0.486 e. The van der Waals surface area contributed by atoms with Crippen molar-refractivity contribution in [2.45, 2.75) is 6.18 Å². The van der Waals surface area contributed by atoms with Crippen molar-refractivity contribution in [1.29, 1.82) is 0 Å². The molecule has 0 aliphatic rings. The van der Waals surface area contributed by atoms with Crippen molar-refractivity contribution in [2.24, 2.45) is 0 Å². The van der Waals surface area contributed by atoms with Gasteiger partial charge in [0.05, 0.1) is 5.56 Å². The lowest BCUT2D eigenvalue weighted by Gasteiger charge is -2.11. The molecule has 0 atom stereocenters. The van der Waals surface area contributed by atoms with Crippen molar-refractivity contribution >= 4 is 12.0 Å². The zero-order valence-electron chi connectivity index (χ0n) is 15.5. The number of carboxylic acids is 1. The van der Waals surface area contributed by atoms with Gasteiger partial charge in [-0.3, -0.25) is 4.98 Å². The normalized spacial score (nSPS) is 11.4. The highest BCUT2D eigenvalue weighted by atomic mass is 19.4. The van der Waals surface area contributed by atoms with E-state index in [0.717, 1.165) is 12.3 Å². The summed E-state index contributed by atoms with van der Waals surface area (Å²) in [7, 11) is 0. The first-order chi connectivity index (χ1) is 14.3. The van der Waals surface area contributed by atoms with Gasteiger partial charge in [-0.2, -0.15) is 13.2 Å². The van der Waals surface area contributed by atoms with Crippen LogP contribution in [0.2, 0.25) is 0 Å². The first-order valence-electron chi connectivity index (χ1n) is 8.76. The lowest BCUT2D eigenvalue weighted by Crippen LogP contribution is -2.07. The smallest absolute Gasteiger partial charge is 0.433 e. The summed E-state index contributed by atoms with van der Waals surface area (Å²) in [6, 6.07) is 15.1. The third-order valence-corrected chi connectivity index (χ3v) is 3.88. The van der Waals surface area contributed by atoms with E-state index in [1.54, 1.807) is 48.6 Å². The molecular weight excluding hydrogens is 399 g/mol. The first kappa shape index (κ1) is 20.9. The Kier molecular flexibility index (Phi) is 6.36. The molecule has 3 aromatic rings. The minimum absolute atomic E-state index is 0.0963. The van der Waals surface area contributed by atoms with Crippen molar-refractivity contribution in [3.05, 3.63) is 89.8 Å². The summed E-state index contributed by atoms with van der Waals surface area (Å²) in [5, 5.41) is 9.07. The molecule has 5 nitrogen and oxygen atoms in total. The molecule has 30 heavy (non-hydrogen) atoms. The molecule has 0 spiro atoms. The topological polar surface area (TPSA) is 68.7 Å². The Bertz CT molecular complexity index is 1050. The SMILES string of the molecule is O=C(O)c1cccc(Oc2ccccc2OCC=Cc2ccc(C(F)(F)F)nc2)c1. The van der Waals surface area contributed by atoms with Crippen molar-refractivity contribution in [3.63, 3.8) is 0 Å². The molecule has 2 aromatic carbocycles. The van der Waals surface area contributed by atoms with E-state index in [0.29, 0.717) is 22.8 Å². The summed E-state index contributed by atoms with van der Waals surface area (Å²) < 4.78 is 49.0. The van der Waals surface area contributed by atoms with E-state index in [2.05, 4.69) is 4.98 Å². The maximum atomic E-state index is 12.5. The molecule has 3 rings (SSSR count). The maximum Gasteiger partial charge on any atom is 0.433 e. The highest BCUT2D eigenvalue weighted by molar-refractivity contribution is 5.88. The van der Waals surface area contributed by atoms with Crippen LogP contribution in [0.1, 0.15) is 21.6 Å². The van der Waals surface area contributed by atoms with Gasteiger partial charge in [0, 0.05) is 6.20 Å². The van der Waals surface area contributed by atoms with Crippen LogP contribution in [0.5, 0.6) is 17.2 Å². The van der Waals surface area contributed by atoms with Crippen molar-refractivity contribution in [3.8, 4) is 17.2 Å². The van der Waals surface area contributed by atoms with E-state index in [4.69, 9.17) is 14.6 Å². The van der Waals surface area contributed by atoms with Crippen LogP contribution in [0.25, 0.3) is 6.08 Å². The number of alkyl halides is 3. The van der Waals surface area contributed by atoms with Crippen LogP contribution in [-0.2, 0) is 6.18 Å². The summed E-state index contributed by atoms with van der Waals surface area (Å²) in [6.45, 7) is 0.135. The predicted molar refractivity (Wildman–Crippen MR) is 104 cm³/mol. The number of carbonyl (C=O) groups is 1. The molecule has 0 amide bonds. The number of pyridine rings is 1. The molecule has 154 valence electrons. The maximum absolute atomic E-state index is 12.5. The van der Waals surface area contributed by atoms with Crippen LogP contribution in [0.3, 0.4) is 0 Å². The zero-order valence-corrected chi connectivity index (χ0v) is 15.5. The second-order valence-corrected chi connectivity index (χ2v) is 6.07. The molecule has 8 heteroatoms. The van der Waals surface area contributed by atoms with Gasteiger partial charge in [-0.25, -0.2) is 4.79 Å². The molecule has 1 heterocycles. The second kappa shape index (κ2) is 9.13. The van der Waals surface area contributed by atoms with Crippen LogP contribution in [0.15, 0.2) is 72.9 Å². The van der Waals surface area contributed by atoms with Gasteiger partial charge in [0.1, 0.15) is 18.1 Å². The number of para-hydroxylation sites is 2. The molecule has 0 fully saturated rings. The Morgan fingerprint density at radius 2 is 1.80 bits per heavy atom. The Hall–Kier alpha value is -3.81. The Morgan fingerprint density at radius 3 is 2.47 bits per heavy atom. The van der Waals surface area contributed by atoms with E-state index < -0.39 is 17.8 Å². The number of hydrogen-bond acceptors (Lipinski definition) is 4. The summed E-state index contributed by atoms with van der Waals surface area (Å²) in [4.78, 5) is 14.5. The molecule has 0 unspecified atom stereocenters. The van der Waals surface area contributed by atoms with Gasteiger partial charge in [-0.15, -0.1) is 0 Å². The number of nitrogens with zero attached hydrogens (tertiary/aromatic N) is 1. The zero-order chi connectivity index (χ0) is 21.6. The Morgan fingerprint density at radius 1 is 1.03 bits per heavy atom. The number of aromatic nitrogens is 1. The molecule has 1 N–H and O–H groups in total. The van der Waals surface area contributed by atoms with Gasteiger partial charge in [0.2, 0.25) is 0 Å². The summed E-state index contributed by atoms with van der Waals surface area (Å²) in [6.07, 6.45) is -0.121. The molecule has 1 aromatic heterocycles. The van der Waals surface area contributed by atoms with Gasteiger partial charge >= 0.3 is 12.1 Å². The van der Waals surface area contributed by atoms with E-state index in [1.165, 1.54) is 18.2 Å². The summed E-state index contributed by atoms with van der Waals surface area (Å²) in [5.41, 5.74) is -0.352. The average molecular weight is 415 g/mol. The largest absolute Gasteiger partial charge is 0.486 e. The van der Waals surface area contributed by atoms with Crippen LogP contribution in [-0.4, -0.2) is 22.7 Å². The van der Waals surface area contributed by atoms with E-state index in [1.807, 2.05) is 0 Å². The predicted octanol–water partition coefficient (Wildman–Crippen LogP) is 5.68. The highest BCUT2D eigenvalue weighted by Crippen LogP contribution is 2.31. The molecule has 0 aliphatic carbocycles. The van der Waals surface area contributed by atoms with Crippen LogP contribution in [0, 0.1) is 0 Å². The fourth-order valence-corrected chi connectivity index (χ4v) is 2.47. The highest BCUT2D eigenvalue weighted by Gasteiger charge is 2.31. The Labute approximate surface area is 170 Å². The van der Waals surface area contributed by atoms with Crippen LogP contribution in [0.4, 0.5) is 13.2 Å². The molecule has 0 saturated carbocycles. The number of hydrogen-bond donors (Lipinski definition) is 1.